The molecule has 1 aliphatic heterocycles. The molecule has 216 valence electrons. The fourth-order valence-corrected chi connectivity index (χ4v) is 7.73. The van der Waals surface area contributed by atoms with E-state index in [-0.39, 0.29) is 47.1 Å². The fourth-order valence-electron chi connectivity index (χ4n) is 6.36. The molecule has 3 rings (SSSR count). The number of rotatable bonds is 11. The van der Waals surface area contributed by atoms with Crippen molar-refractivity contribution in [2.24, 2.45) is 23.7 Å². The Bertz CT molecular complexity index is 864. The predicted molar refractivity (Wildman–Crippen MR) is 156 cm³/mol. The lowest BCUT2D eigenvalue weighted by Crippen LogP contribution is -2.47. The molecule has 0 aromatic rings. The molecule has 6 atom stereocenters. The van der Waals surface area contributed by atoms with Gasteiger partial charge in [-0.2, -0.15) is 0 Å². The van der Waals surface area contributed by atoms with Crippen LogP contribution in [0.15, 0.2) is 23.8 Å². The first-order valence-corrected chi connectivity index (χ1v) is 18.2. The molecule has 0 saturated carbocycles. The van der Waals surface area contributed by atoms with Gasteiger partial charge in [-0.3, -0.25) is 9.59 Å². The van der Waals surface area contributed by atoms with Crippen LogP contribution in [0.5, 0.6) is 0 Å². The third kappa shape index (κ3) is 7.84. The molecule has 0 aromatic heterocycles. The summed E-state index contributed by atoms with van der Waals surface area (Å²) in [5.41, 5.74) is 1.32. The summed E-state index contributed by atoms with van der Waals surface area (Å²) in [5, 5.41) is 0.108. The summed E-state index contributed by atoms with van der Waals surface area (Å²) < 4.78 is 18.8. The molecular formula is C32H54O5Si. The van der Waals surface area contributed by atoms with Crippen LogP contribution in [0.25, 0.3) is 0 Å². The second kappa shape index (κ2) is 13.3. The summed E-state index contributed by atoms with van der Waals surface area (Å²) in [6, 6.07) is 0. The molecule has 0 aromatic carbocycles. The molecule has 0 spiro atoms. The van der Waals surface area contributed by atoms with Gasteiger partial charge in [0.1, 0.15) is 12.2 Å². The number of carbonyl (C=O) groups excluding carboxylic acids is 2. The van der Waals surface area contributed by atoms with E-state index in [9.17, 15) is 9.59 Å². The molecule has 2 aliphatic carbocycles. The molecule has 0 N–H and O–H groups in total. The normalized spacial score (nSPS) is 30.0. The zero-order chi connectivity index (χ0) is 28.1. The summed E-state index contributed by atoms with van der Waals surface area (Å²) in [7, 11) is -1.96. The molecule has 1 fully saturated rings. The Morgan fingerprint density at radius 3 is 2.47 bits per heavy atom. The maximum Gasteiger partial charge on any atom is 0.309 e. The Kier molecular flexibility index (Phi) is 10.9. The number of ether oxygens (including phenoxy) is 2. The fraction of sp³-hybridized carbons (Fsp3) is 0.812. The monoisotopic (exact) mass is 546 g/mol. The maximum absolute atomic E-state index is 13.2. The minimum absolute atomic E-state index is 0.00673. The van der Waals surface area contributed by atoms with Gasteiger partial charge in [0, 0.05) is 12.3 Å². The Morgan fingerprint density at radius 1 is 1.16 bits per heavy atom. The van der Waals surface area contributed by atoms with E-state index in [1.807, 2.05) is 0 Å². The number of cyclic esters (lactones) is 1. The zero-order valence-corrected chi connectivity index (χ0v) is 26.4. The summed E-state index contributed by atoms with van der Waals surface area (Å²) in [4.78, 5) is 25.7. The lowest BCUT2D eigenvalue weighted by Gasteiger charge is -2.43. The van der Waals surface area contributed by atoms with Crippen molar-refractivity contribution in [2.45, 2.75) is 142 Å². The summed E-state index contributed by atoms with van der Waals surface area (Å²) in [6.07, 6.45) is 15.2. The van der Waals surface area contributed by atoms with E-state index in [4.69, 9.17) is 13.9 Å². The Hall–Kier alpha value is -1.40. The van der Waals surface area contributed by atoms with E-state index in [2.05, 4.69) is 72.9 Å². The molecule has 0 bridgehead atoms. The van der Waals surface area contributed by atoms with Gasteiger partial charge in [-0.05, 0) is 74.1 Å². The van der Waals surface area contributed by atoms with Crippen molar-refractivity contribution in [2.75, 3.05) is 0 Å². The number of hydrogen-bond acceptors (Lipinski definition) is 5. The van der Waals surface area contributed by atoms with E-state index < -0.39 is 8.32 Å². The third-order valence-corrected chi connectivity index (χ3v) is 14.1. The van der Waals surface area contributed by atoms with Gasteiger partial charge in [-0.25, -0.2) is 0 Å². The van der Waals surface area contributed by atoms with Crippen molar-refractivity contribution >= 4 is 20.3 Å². The molecule has 6 heteroatoms. The highest BCUT2D eigenvalue weighted by Crippen LogP contribution is 2.45. The van der Waals surface area contributed by atoms with Crippen LogP contribution in [-0.4, -0.2) is 38.6 Å². The van der Waals surface area contributed by atoms with E-state index in [1.54, 1.807) is 0 Å². The highest BCUT2D eigenvalue weighted by Gasteiger charge is 2.43. The van der Waals surface area contributed by atoms with Crippen LogP contribution in [0, 0.1) is 23.7 Å². The van der Waals surface area contributed by atoms with E-state index >= 15 is 0 Å². The predicted octanol–water partition coefficient (Wildman–Crippen LogP) is 8.15. The molecule has 0 unspecified atom stereocenters. The molecule has 1 heterocycles. The van der Waals surface area contributed by atoms with Crippen LogP contribution in [0.2, 0.25) is 18.1 Å². The minimum atomic E-state index is -1.96. The molecule has 0 amide bonds. The van der Waals surface area contributed by atoms with E-state index in [1.165, 1.54) is 5.57 Å². The van der Waals surface area contributed by atoms with Crippen LogP contribution in [-0.2, 0) is 23.5 Å². The highest BCUT2D eigenvalue weighted by atomic mass is 28.4. The largest absolute Gasteiger partial charge is 0.462 e. The van der Waals surface area contributed by atoms with Crippen LogP contribution >= 0.6 is 0 Å². The molecule has 5 nitrogen and oxygen atoms in total. The summed E-state index contributed by atoms with van der Waals surface area (Å²) >= 11 is 0. The van der Waals surface area contributed by atoms with Crippen molar-refractivity contribution in [3.8, 4) is 0 Å². The second-order valence-electron chi connectivity index (χ2n) is 13.6. The van der Waals surface area contributed by atoms with Gasteiger partial charge in [0.05, 0.1) is 18.4 Å². The van der Waals surface area contributed by atoms with Crippen LogP contribution in [0.3, 0.4) is 0 Å². The number of carbonyl (C=O) groups is 2. The highest BCUT2D eigenvalue weighted by molar-refractivity contribution is 6.74. The lowest BCUT2D eigenvalue weighted by atomic mass is 9.66. The Balaban J connectivity index is 1.68. The quantitative estimate of drug-likeness (QED) is 0.193. The van der Waals surface area contributed by atoms with Crippen LogP contribution < -0.4 is 0 Å². The number of hydrogen-bond donors (Lipinski definition) is 0. The van der Waals surface area contributed by atoms with Gasteiger partial charge in [0.25, 0.3) is 0 Å². The molecule has 0 radical (unpaired) electrons. The molecule has 1 saturated heterocycles. The number of allylic oxidation sites excluding steroid dienone is 3. The van der Waals surface area contributed by atoms with Crippen LogP contribution in [0.1, 0.15) is 106 Å². The average Bonchev–Trinajstić information content (AvgIpc) is 2.82. The Labute approximate surface area is 233 Å². The first-order chi connectivity index (χ1) is 17.9. The summed E-state index contributed by atoms with van der Waals surface area (Å²) in [6.45, 7) is 17.8. The molecule has 3 aliphatic rings. The van der Waals surface area contributed by atoms with Crippen molar-refractivity contribution in [1.82, 2.24) is 0 Å². The SMILES string of the molecule is CCCC(CCC)C(=O)O[C@H]1CCC=C2C=C[C@H](C)[C@H](CC[C@@H]3C[C@@H](O[Si](C)(C)C(C)(C)C)CC(=O)O3)[C@H]21. The number of fused-ring (bicyclic) bond motifs is 1. The van der Waals surface area contributed by atoms with Crippen molar-refractivity contribution in [3.63, 3.8) is 0 Å². The van der Waals surface area contributed by atoms with Gasteiger partial charge in [0.15, 0.2) is 8.32 Å². The van der Waals surface area contributed by atoms with Gasteiger partial charge in [-0.1, -0.05) is 72.6 Å². The first-order valence-electron chi connectivity index (χ1n) is 15.3. The topological polar surface area (TPSA) is 61.8 Å². The maximum atomic E-state index is 13.2. The van der Waals surface area contributed by atoms with Gasteiger partial charge >= 0.3 is 11.9 Å². The lowest BCUT2D eigenvalue weighted by molar-refractivity contribution is -0.162. The van der Waals surface area contributed by atoms with Gasteiger partial charge in [-0.15, -0.1) is 0 Å². The standard InChI is InChI=1S/C32H54O5Si/c1-9-12-24(13-10-2)31(34)36-28-15-11-14-23-17-16-22(3)27(30(23)28)19-18-25-20-26(21-29(33)35-25)37-38(7,8)32(4,5)6/h14,16-17,22,24-28,30H,9-13,15,18-21H2,1-8H3/t22-,25+,26+,27-,28-,30-/m0/s1. The van der Waals surface area contributed by atoms with E-state index in [0.717, 1.165) is 57.8 Å². The van der Waals surface area contributed by atoms with E-state index in [0.29, 0.717) is 18.3 Å². The van der Waals surface area contributed by atoms with Crippen molar-refractivity contribution in [3.05, 3.63) is 23.8 Å². The van der Waals surface area contributed by atoms with Crippen molar-refractivity contribution in [1.29, 1.82) is 0 Å². The third-order valence-electron chi connectivity index (χ3n) is 9.53. The van der Waals surface area contributed by atoms with Crippen molar-refractivity contribution < 1.29 is 23.5 Å². The first kappa shape index (κ1) is 31.1. The smallest absolute Gasteiger partial charge is 0.309 e. The Morgan fingerprint density at radius 2 is 1.84 bits per heavy atom. The van der Waals surface area contributed by atoms with Crippen LogP contribution in [0.4, 0.5) is 0 Å². The second-order valence-corrected chi connectivity index (χ2v) is 18.3. The molecular weight excluding hydrogens is 492 g/mol. The zero-order valence-electron chi connectivity index (χ0n) is 25.4. The average molecular weight is 547 g/mol. The number of esters is 2. The molecule has 38 heavy (non-hydrogen) atoms. The van der Waals surface area contributed by atoms with Gasteiger partial charge < -0.3 is 13.9 Å². The summed E-state index contributed by atoms with van der Waals surface area (Å²) in [5.74, 6) is 0.832. The van der Waals surface area contributed by atoms with Gasteiger partial charge in [0.2, 0.25) is 0 Å². The minimum Gasteiger partial charge on any atom is -0.462 e.